The average Bonchev–Trinajstić information content (AvgIpc) is 3.73. The van der Waals surface area contributed by atoms with E-state index in [1.165, 1.54) is 24.3 Å². The molecular formula is C27H28ClFN6O4S2. The molecule has 6 rings (SSSR count). The monoisotopic (exact) mass is 618 g/mol. The standard InChI is InChI=1S/C27H28ClFN6O4S2/c1-17(2)40(36,37)20-8-10-21(11-9-20)41(38,39)35-23-5-3-4-22(28)25(23)26(32-35)34-13-12-33(16-24(34)18-6-7-18)27-30-14-19(29)15-31-27/h3-5,8-11,14-15,17-18,24H,6-7,12-13,16H2,1-2H3/t24-/m1/s1. The van der Waals surface area contributed by atoms with E-state index >= 15 is 0 Å². The third-order valence-corrected chi connectivity index (χ3v) is 11.7. The lowest BCUT2D eigenvalue weighted by Crippen LogP contribution is -2.55. The maximum absolute atomic E-state index is 13.9. The Labute approximate surface area is 242 Å². The lowest BCUT2D eigenvalue weighted by atomic mass is 10.1. The van der Waals surface area contributed by atoms with Gasteiger partial charge in [0.25, 0.3) is 10.0 Å². The maximum Gasteiger partial charge on any atom is 0.283 e. The van der Waals surface area contributed by atoms with Crippen LogP contribution in [0, 0.1) is 11.7 Å². The van der Waals surface area contributed by atoms with Gasteiger partial charge in [-0.15, -0.1) is 5.10 Å². The lowest BCUT2D eigenvalue weighted by molar-refractivity contribution is 0.469. The number of fused-ring (bicyclic) bond motifs is 1. The van der Waals surface area contributed by atoms with E-state index in [0.29, 0.717) is 53.2 Å². The van der Waals surface area contributed by atoms with Crippen LogP contribution in [0.3, 0.4) is 0 Å². The van der Waals surface area contributed by atoms with Crippen molar-refractivity contribution in [2.24, 2.45) is 5.92 Å². The quantitative estimate of drug-likeness (QED) is 0.301. The molecule has 0 unspecified atom stereocenters. The first-order valence-electron chi connectivity index (χ1n) is 13.2. The molecule has 0 bridgehead atoms. The fourth-order valence-electron chi connectivity index (χ4n) is 5.25. The first-order chi connectivity index (χ1) is 19.5. The number of nitrogens with zero attached hydrogens (tertiary/aromatic N) is 6. The molecule has 0 spiro atoms. The fraction of sp³-hybridized carbons (Fsp3) is 0.370. The number of benzene rings is 2. The second kappa shape index (κ2) is 10.2. The van der Waals surface area contributed by atoms with Crippen LogP contribution >= 0.6 is 11.6 Å². The van der Waals surface area contributed by atoms with Gasteiger partial charge in [0, 0.05) is 19.6 Å². The number of rotatable bonds is 7. The van der Waals surface area contributed by atoms with Gasteiger partial charge in [-0.05, 0) is 69.0 Å². The molecule has 1 saturated carbocycles. The SMILES string of the molecule is CC(C)S(=O)(=O)c1ccc(S(=O)(=O)n2nc(N3CCN(c4ncc(F)cn4)C[C@@H]3C3CC3)c3c(Cl)cccc32)cc1. The minimum atomic E-state index is -4.20. The van der Waals surface area contributed by atoms with Gasteiger partial charge in [-0.2, -0.15) is 12.5 Å². The van der Waals surface area contributed by atoms with Crippen molar-refractivity contribution < 1.29 is 21.2 Å². The zero-order chi connectivity index (χ0) is 29.1. The number of hydrogen-bond donors (Lipinski definition) is 0. The summed E-state index contributed by atoms with van der Waals surface area (Å²) in [5.74, 6) is 0.767. The second-order valence-electron chi connectivity index (χ2n) is 10.6. The minimum absolute atomic E-state index is 0.0107. The smallest absolute Gasteiger partial charge is 0.283 e. The first-order valence-corrected chi connectivity index (χ1v) is 16.6. The van der Waals surface area contributed by atoms with E-state index in [1.807, 2.05) is 4.90 Å². The number of hydrogen-bond acceptors (Lipinski definition) is 9. The third kappa shape index (κ3) is 4.93. The van der Waals surface area contributed by atoms with Gasteiger partial charge in [-0.25, -0.2) is 22.8 Å². The molecule has 2 aromatic heterocycles. The molecule has 1 aliphatic carbocycles. The molecular weight excluding hydrogens is 591 g/mol. The van der Waals surface area contributed by atoms with E-state index in [1.54, 1.807) is 32.0 Å². The number of halogens is 2. The highest BCUT2D eigenvalue weighted by Crippen LogP contribution is 2.42. The van der Waals surface area contributed by atoms with E-state index in [2.05, 4.69) is 20.0 Å². The number of anilines is 2. The molecule has 0 radical (unpaired) electrons. The summed E-state index contributed by atoms with van der Waals surface area (Å²) in [6, 6.07) is 10.2. The van der Waals surface area contributed by atoms with Crippen LogP contribution in [-0.2, 0) is 19.9 Å². The van der Waals surface area contributed by atoms with Crippen molar-refractivity contribution in [3.05, 3.63) is 65.7 Å². The van der Waals surface area contributed by atoms with Crippen molar-refractivity contribution >= 4 is 54.1 Å². The summed E-state index contributed by atoms with van der Waals surface area (Å²) < 4.78 is 67.3. The molecule has 0 N–H and O–H groups in total. The second-order valence-corrected chi connectivity index (χ2v) is 15.3. The molecule has 2 aliphatic rings. The lowest BCUT2D eigenvalue weighted by Gasteiger charge is -2.42. The summed E-state index contributed by atoms with van der Waals surface area (Å²) in [7, 11) is -7.77. The van der Waals surface area contributed by atoms with Crippen LogP contribution in [-0.4, -0.2) is 66.9 Å². The van der Waals surface area contributed by atoms with Gasteiger partial charge in [0.1, 0.15) is 0 Å². The molecule has 10 nitrogen and oxygen atoms in total. The van der Waals surface area contributed by atoms with Gasteiger partial charge in [0.15, 0.2) is 21.5 Å². The predicted octanol–water partition coefficient (Wildman–Crippen LogP) is 4.14. The molecule has 41 heavy (non-hydrogen) atoms. The van der Waals surface area contributed by atoms with Crippen LogP contribution in [0.5, 0.6) is 0 Å². The zero-order valence-electron chi connectivity index (χ0n) is 22.4. The molecule has 1 atom stereocenters. The summed E-state index contributed by atoms with van der Waals surface area (Å²) in [6.45, 7) is 4.73. The highest BCUT2D eigenvalue weighted by atomic mass is 35.5. The van der Waals surface area contributed by atoms with Gasteiger partial charge < -0.3 is 9.80 Å². The van der Waals surface area contributed by atoms with Gasteiger partial charge in [0.2, 0.25) is 5.95 Å². The van der Waals surface area contributed by atoms with E-state index in [-0.39, 0.29) is 15.8 Å². The molecule has 1 saturated heterocycles. The predicted molar refractivity (Wildman–Crippen MR) is 154 cm³/mol. The fourth-order valence-corrected chi connectivity index (χ4v) is 7.84. The highest BCUT2D eigenvalue weighted by molar-refractivity contribution is 7.92. The van der Waals surface area contributed by atoms with Crippen LogP contribution < -0.4 is 9.80 Å². The Morgan fingerprint density at radius 3 is 2.24 bits per heavy atom. The zero-order valence-corrected chi connectivity index (χ0v) is 24.7. The van der Waals surface area contributed by atoms with Crippen molar-refractivity contribution in [1.29, 1.82) is 0 Å². The summed E-state index contributed by atoms with van der Waals surface area (Å²) in [6.07, 6.45) is 4.34. The maximum atomic E-state index is 13.9. The Morgan fingerprint density at radius 2 is 1.61 bits per heavy atom. The molecule has 0 amide bonds. The third-order valence-electron chi connectivity index (χ3n) is 7.65. The number of sulfone groups is 1. The normalized spacial score (nSPS) is 18.4. The van der Waals surface area contributed by atoms with Crippen molar-refractivity contribution in [1.82, 2.24) is 19.2 Å². The van der Waals surface area contributed by atoms with E-state index in [4.69, 9.17) is 11.6 Å². The molecule has 2 aromatic carbocycles. The van der Waals surface area contributed by atoms with Crippen LogP contribution in [0.1, 0.15) is 26.7 Å². The molecule has 2 fully saturated rings. The van der Waals surface area contributed by atoms with Crippen molar-refractivity contribution in [3.63, 3.8) is 0 Å². The van der Waals surface area contributed by atoms with Gasteiger partial charge in [0.05, 0.1) is 49.4 Å². The molecule has 3 heterocycles. The summed E-state index contributed by atoms with van der Waals surface area (Å²) >= 11 is 6.67. The largest absolute Gasteiger partial charge is 0.348 e. The topological polar surface area (TPSA) is 118 Å². The van der Waals surface area contributed by atoms with E-state index in [9.17, 15) is 21.2 Å². The van der Waals surface area contributed by atoms with Crippen LogP contribution in [0.4, 0.5) is 16.2 Å². The Kier molecular flexibility index (Phi) is 6.94. The molecule has 14 heteroatoms. The Balaban J connectivity index is 1.40. The molecule has 216 valence electrons. The summed E-state index contributed by atoms with van der Waals surface area (Å²) in [5.41, 5.74) is 0.324. The van der Waals surface area contributed by atoms with Crippen molar-refractivity contribution in [3.8, 4) is 0 Å². The number of piperazine rings is 1. The van der Waals surface area contributed by atoms with E-state index < -0.39 is 30.9 Å². The first kappa shape index (κ1) is 27.9. The van der Waals surface area contributed by atoms with E-state index in [0.717, 1.165) is 29.3 Å². The van der Waals surface area contributed by atoms with Crippen molar-refractivity contribution in [2.45, 2.75) is 47.8 Å². The van der Waals surface area contributed by atoms with Gasteiger partial charge in [-0.3, -0.25) is 0 Å². The highest BCUT2D eigenvalue weighted by Gasteiger charge is 2.41. The van der Waals surface area contributed by atoms with Crippen LogP contribution in [0.2, 0.25) is 5.02 Å². The number of aromatic nitrogens is 4. The molecule has 4 aromatic rings. The van der Waals surface area contributed by atoms with Gasteiger partial charge in [-0.1, -0.05) is 17.7 Å². The van der Waals surface area contributed by atoms with Gasteiger partial charge >= 0.3 is 0 Å². The van der Waals surface area contributed by atoms with Crippen LogP contribution in [0.15, 0.2) is 64.6 Å². The Morgan fingerprint density at radius 1 is 0.951 bits per heavy atom. The van der Waals surface area contributed by atoms with Crippen LogP contribution in [0.25, 0.3) is 10.9 Å². The summed E-state index contributed by atoms with van der Waals surface area (Å²) in [5, 5.41) is 4.90. The molecule has 1 aliphatic heterocycles. The van der Waals surface area contributed by atoms with Crippen molar-refractivity contribution in [2.75, 3.05) is 29.4 Å². The summed E-state index contributed by atoms with van der Waals surface area (Å²) in [4.78, 5) is 12.4. The average molecular weight is 619 g/mol. The minimum Gasteiger partial charge on any atom is -0.348 e. The Bertz CT molecular complexity index is 1830. The Hall–Kier alpha value is -3.29.